The summed E-state index contributed by atoms with van der Waals surface area (Å²) in [5, 5.41) is 0. The van der Waals surface area contributed by atoms with Gasteiger partial charge in [-0.05, 0) is 6.92 Å². The van der Waals surface area contributed by atoms with Crippen LogP contribution in [-0.2, 0) is 7.05 Å². The Balaban J connectivity index is 2.06. The van der Waals surface area contributed by atoms with E-state index in [0.717, 1.165) is 22.4 Å². The zero-order valence-electron chi connectivity index (χ0n) is 13.7. The molecule has 3 nitrogen and oxygen atoms in total. The second-order valence-electron chi connectivity index (χ2n) is 6.89. The molecule has 0 saturated carbocycles. The van der Waals surface area contributed by atoms with Crippen LogP contribution in [0.15, 0.2) is 40.8 Å². The number of ketones is 1. The Bertz CT molecular complexity index is 842. The highest BCUT2D eigenvalue weighted by Crippen LogP contribution is 2.32. The molecule has 1 aromatic carbocycles. The lowest BCUT2D eigenvalue weighted by Gasteiger charge is -2.16. The molecule has 0 N–H and O–H groups in total. The minimum absolute atomic E-state index is 0.123. The minimum Gasteiger partial charge on any atom is -0.454 e. The normalized spacial score (nSPS) is 12.0. The Morgan fingerprint density at radius 2 is 1.73 bits per heavy atom. The number of hydrogen-bond acceptors (Lipinski definition) is 2. The van der Waals surface area contributed by atoms with Crippen molar-refractivity contribution in [3.8, 4) is 11.3 Å². The van der Waals surface area contributed by atoms with Gasteiger partial charge in [-0.25, -0.2) is 0 Å². The standard InChI is InChI=1S/C19H21NO2/c1-12-6-8-13(9-7-12)16-10-14-17(22-16)11-15(20(14)5)18(21)19(2,3)4/h6-11H,1-5H3. The number of hydrogen-bond donors (Lipinski definition) is 0. The van der Waals surface area contributed by atoms with Crippen LogP contribution in [-0.4, -0.2) is 10.4 Å². The van der Waals surface area contributed by atoms with E-state index in [9.17, 15) is 4.79 Å². The molecule has 2 heterocycles. The maximum absolute atomic E-state index is 12.5. The van der Waals surface area contributed by atoms with E-state index in [1.165, 1.54) is 5.56 Å². The van der Waals surface area contributed by atoms with Crippen LogP contribution in [0.4, 0.5) is 0 Å². The van der Waals surface area contributed by atoms with Gasteiger partial charge in [0.15, 0.2) is 11.4 Å². The fraction of sp³-hybridized carbons (Fsp3) is 0.316. The Morgan fingerprint density at radius 1 is 1.09 bits per heavy atom. The van der Waals surface area contributed by atoms with Gasteiger partial charge in [-0.2, -0.15) is 0 Å². The molecule has 0 bridgehead atoms. The molecule has 0 fully saturated rings. The topological polar surface area (TPSA) is 35.1 Å². The number of fused-ring (bicyclic) bond motifs is 1. The fourth-order valence-electron chi connectivity index (χ4n) is 2.57. The monoisotopic (exact) mass is 295 g/mol. The molecule has 0 aliphatic heterocycles. The van der Waals surface area contributed by atoms with Gasteiger partial charge < -0.3 is 8.98 Å². The lowest BCUT2D eigenvalue weighted by Crippen LogP contribution is -2.22. The summed E-state index contributed by atoms with van der Waals surface area (Å²) in [5.74, 6) is 0.952. The lowest BCUT2D eigenvalue weighted by molar-refractivity contribution is 0.0850. The van der Waals surface area contributed by atoms with E-state index in [2.05, 4.69) is 19.1 Å². The highest BCUT2D eigenvalue weighted by molar-refractivity contribution is 6.02. The summed E-state index contributed by atoms with van der Waals surface area (Å²) in [4.78, 5) is 12.5. The Morgan fingerprint density at radius 3 is 2.27 bits per heavy atom. The quantitative estimate of drug-likeness (QED) is 0.625. The molecule has 0 aliphatic carbocycles. The molecule has 3 heteroatoms. The number of furan rings is 1. The Hall–Kier alpha value is -2.29. The molecule has 114 valence electrons. The minimum atomic E-state index is -0.399. The van der Waals surface area contributed by atoms with Crippen LogP contribution in [0.25, 0.3) is 22.4 Å². The first-order valence-electron chi connectivity index (χ1n) is 7.48. The number of rotatable bonds is 2. The summed E-state index contributed by atoms with van der Waals surface area (Å²) in [5.41, 5.74) is 4.26. The van der Waals surface area contributed by atoms with Crippen molar-refractivity contribution < 1.29 is 9.21 Å². The highest BCUT2D eigenvalue weighted by Gasteiger charge is 2.27. The van der Waals surface area contributed by atoms with Crippen molar-refractivity contribution >= 4 is 16.9 Å². The van der Waals surface area contributed by atoms with Gasteiger partial charge >= 0.3 is 0 Å². The second-order valence-corrected chi connectivity index (χ2v) is 6.89. The van der Waals surface area contributed by atoms with Crippen molar-refractivity contribution in [1.29, 1.82) is 0 Å². The molecule has 3 rings (SSSR count). The predicted molar refractivity (Wildman–Crippen MR) is 89.1 cm³/mol. The van der Waals surface area contributed by atoms with Gasteiger partial charge in [0.25, 0.3) is 0 Å². The summed E-state index contributed by atoms with van der Waals surface area (Å²) >= 11 is 0. The largest absolute Gasteiger partial charge is 0.454 e. The van der Waals surface area contributed by atoms with Crippen LogP contribution >= 0.6 is 0 Å². The number of nitrogens with zero attached hydrogens (tertiary/aromatic N) is 1. The molecular formula is C19H21NO2. The summed E-state index contributed by atoms with van der Waals surface area (Å²) in [6, 6.07) is 12.1. The van der Waals surface area contributed by atoms with Gasteiger partial charge in [-0.15, -0.1) is 0 Å². The molecule has 0 unspecified atom stereocenters. The number of carbonyl (C=O) groups excluding carboxylic acids is 1. The van der Waals surface area contributed by atoms with Crippen LogP contribution in [0.1, 0.15) is 36.8 Å². The van der Waals surface area contributed by atoms with Crippen molar-refractivity contribution in [2.24, 2.45) is 12.5 Å². The molecule has 0 atom stereocenters. The molecule has 0 spiro atoms. The van der Waals surface area contributed by atoms with Crippen LogP contribution in [0.5, 0.6) is 0 Å². The van der Waals surface area contributed by atoms with E-state index in [1.807, 2.05) is 56.7 Å². The lowest BCUT2D eigenvalue weighted by atomic mass is 9.89. The van der Waals surface area contributed by atoms with Gasteiger partial charge in [0.1, 0.15) is 5.76 Å². The summed E-state index contributed by atoms with van der Waals surface area (Å²) in [7, 11) is 1.91. The van der Waals surface area contributed by atoms with E-state index < -0.39 is 5.41 Å². The predicted octanol–water partition coefficient (Wildman–Crippen LogP) is 4.98. The van der Waals surface area contributed by atoms with Gasteiger partial charge in [0.05, 0.1) is 11.2 Å². The Labute approximate surface area is 130 Å². The third kappa shape index (κ3) is 2.37. The van der Waals surface area contributed by atoms with Crippen molar-refractivity contribution in [3.05, 3.63) is 47.7 Å². The first-order chi connectivity index (χ1) is 10.3. The average molecular weight is 295 g/mol. The molecule has 0 saturated heterocycles. The molecule has 0 radical (unpaired) electrons. The first kappa shape index (κ1) is 14.6. The van der Waals surface area contributed by atoms with Crippen LogP contribution in [0.3, 0.4) is 0 Å². The molecule has 22 heavy (non-hydrogen) atoms. The van der Waals surface area contributed by atoms with Gasteiger partial charge in [0, 0.05) is 30.2 Å². The van der Waals surface area contributed by atoms with Crippen LogP contribution in [0.2, 0.25) is 0 Å². The molecular weight excluding hydrogens is 274 g/mol. The second kappa shape index (κ2) is 4.87. The van der Waals surface area contributed by atoms with E-state index in [4.69, 9.17) is 4.42 Å². The van der Waals surface area contributed by atoms with Crippen LogP contribution < -0.4 is 0 Å². The zero-order valence-corrected chi connectivity index (χ0v) is 13.7. The zero-order chi connectivity index (χ0) is 16.1. The summed E-state index contributed by atoms with van der Waals surface area (Å²) < 4.78 is 7.87. The fourth-order valence-corrected chi connectivity index (χ4v) is 2.57. The van der Waals surface area contributed by atoms with Gasteiger partial charge in [0.2, 0.25) is 0 Å². The molecule has 0 aliphatic rings. The van der Waals surface area contributed by atoms with Crippen molar-refractivity contribution in [3.63, 3.8) is 0 Å². The summed E-state index contributed by atoms with van der Waals surface area (Å²) in [6.07, 6.45) is 0. The van der Waals surface area contributed by atoms with E-state index in [-0.39, 0.29) is 5.78 Å². The van der Waals surface area contributed by atoms with Gasteiger partial charge in [-0.1, -0.05) is 50.6 Å². The number of benzene rings is 1. The van der Waals surface area contributed by atoms with E-state index in [0.29, 0.717) is 5.69 Å². The first-order valence-corrected chi connectivity index (χ1v) is 7.48. The Kier molecular flexibility index (Phi) is 3.24. The number of Topliss-reactive ketones (excluding diaryl/α,β-unsaturated/α-hetero) is 1. The van der Waals surface area contributed by atoms with Crippen LogP contribution in [0, 0.1) is 12.3 Å². The average Bonchev–Trinajstić information content (AvgIpc) is 2.98. The number of carbonyl (C=O) groups is 1. The smallest absolute Gasteiger partial charge is 0.184 e. The van der Waals surface area contributed by atoms with Gasteiger partial charge in [-0.3, -0.25) is 4.79 Å². The maximum Gasteiger partial charge on any atom is 0.184 e. The van der Waals surface area contributed by atoms with E-state index >= 15 is 0 Å². The number of aryl methyl sites for hydroxylation is 2. The SMILES string of the molecule is Cc1ccc(-c2cc3c(cc(C(=O)C(C)(C)C)n3C)o2)cc1. The summed E-state index contributed by atoms with van der Waals surface area (Å²) in [6.45, 7) is 7.86. The highest BCUT2D eigenvalue weighted by atomic mass is 16.3. The van der Waals surface area contributed by atoms with Crippen molar-refractivity contribution in [2.75, 3.05) is 0 Å². The number of aromatic nitrogens is 1. The third-order valence-electron chi connectivity index (χ3n) is 3.98. The molecule has 2 aromatic heterocycles. The third-order valence-corrected chi connectivity index (χ3v) is 3.98. The molecule has 3 aromatic rings. The van der Waals surface area contributed by atoms with Crippen molar-refractivity contribution in [1.82, 2.24) is 4.57 Å². The molecule has 0 amide bonds. The maximum atomic E-state index is 12.5. The van der Waals surface area contributed by atoms with Crippen molar-refractivity contribution in [2.45, 2.75) is 27.7 Å². The van der Waals surface area contributed by atoms with E-state index in [1.54, 1.807) is 0 Å².